The molecule has 0 aliphatic carbocycles. The van der Waals surface area contributed by atoms with Crippen LogP contribution in [0.15, 0.2) is 64.5 Å². The van der Waals surface area contributed by atoms with Crippen LogP contribution in [0, 0.1) is 13.8 Å². The summed E-state index contributed by atoms with van der Waals surface area (Å²) in [4.78, 5) is 31.7. The quantitative estimate of drug-likeness (QED) is 0.313. The van der Waals surface area contributed by atoms with Crippen molar-refractivity contribution in [1.82, 2.24) is 9.47 Å². The molecular weight excluding hydrogens is 458 g/mol. The summed E-state index contributed by atoms with van der Waals surface area (Å²) in [7, 11) is 1.72. The van der Waals surface area contributed by atoms with Crippen molar-refractivity contribution in [3.8, 4) is 5.69 Å². The highest BCUT2D eigenvalue weighted by molar-refractivity contribution is 8.18. The van der Waals surface area contributed by atoms with E-state index in [1.807, 2.05) is 6.08 Å². The van der Waals surface area contributed by atoms with E-state index in [0.717, 1.165) is 23.4 Å². The molecule has 2 heterocycles. The van der Waals surface area contributed by atoms with Crippen molar-refractivity contribution >= 4 is 40.6 Å². The molecule has 0 radical (unpaired) electrons. The molecule has 7 heteroatoms. The topological polar surface area (TPSA) is 63.9 Å². The van der Waals surface area contributed by atoms with E-state index < -0.39 is 0 Å². The van der Waals surface area contributed by atoms with Crippen LogP contribution in [0.25, 0.3) is 11.8 Å². The summed E-state index contributed by atoms with van der Waals surface area (Å²) in [5.41, 5.74) is 6.81. The third kappa shape index (κ3) is 4.95. The Hall–Kier alpha value is -3.58. The molecule has 0 saturated carbocycles. The smallest absolute Gasteiger partial charge is 0.338 e. The second-order valence-electron chi connectivity index (χ2n) is 8.28. The van der Waals surface area contributed by atoms with Crippen LogP contribution >= 0.6 is 11.8 Å². The molecule has 0 bridgehead atoms. The number of para-hydroxylation sites is 1. The van der Waals surface area contributed by atoms with E-state index in [2.05, 4.69) is 60.7 Å². The standard InChI is InChI=1S/C28H29N3O3S/c1-6-20-10-8-9-11-24(20)31-18(3)16-22(19(31)4)17-25-26(32)30(5)28(35-25)29-23-14-12-21(13-15-23)27(33)34-7-2/h8-17H,6-7H2,1-5H3/b25-17-,29-28?. The molecule has 0 atom stereocenters. The normalized spacial score (nSPS) is 15.9. The van der Waals surface area contributed by atoms with Gasteiger partial charge < -0.3 is 9.30 Å². The number of aliphatic imine (C=N–C) groups is 1. The lowest BCUT2D eigenvalue weighted by molar-refractivity contribution is -0.121. The molecule has 1 aliphatic heterocycles. The van der Waals surface area contributed by atoms with Crippen LogP contribution < -0.4 is 0 Å². The second kappa shape index (κ2) is 10.4. The van der Waals surface area contributed by atoms with Crippen molar-refractivity contribution < 1.29 is 14.3 Å². The van der Waals surface area contributed by atoms with Gasteiger partial charge in [0.15, 0.2) is 5.17 Å². The molecule has 0 N–H and O–H groups in total. The van der Waals surface area contributed by atoms with Gasteiger partial charge in [-0.15, -0.1) is 0 Å². The Morgan fingerprint density at radius 1 is 1.09 bits per heavy atom. The van der Waals surface area contributed by atoms with Crippen molar-refractivity contribution in [2.45, 2.75) is 34.1 Å². The molecule has 1 saturated heterocycles. The predicted octanol–water partition coefficient (Wildman–Crippen LogP) is 6.07. The number of carbonyl (C=O) groups is 2. The van der Waals surface area contributed by atoms with E-state index in [4.69, 9.17) is 4.74 Å². The number of rotatable bonds is 6. The Bertz CT molecular complexity index is 1340. The molecule has 6 nitrogen and oxygen atoms in total. The molecule has 180 valence electrons. The first-order valence-corrected chi connectivity index (χ1v) is 12.5. The molecular formula is C28H29N3O3S. The maximum Gasteiger partial charge on any atom is 0.338 e. The first-order chi connectivity index (χ1) is 16.8. The number of hydrogen-bond donors (Lipinski definition) is 0. The Labute approximate surface area is 210 Å². The molecule has 3 aromatic rings. The van der Waals surface area contributed by atoms with Gasteiger partial charge in [-0.3, -0.25) is 9.69 Å². The SMILES string of the molecule is CCOC(=O)c1ccc(N=C2S/C(=C\c3cc(C)n(-c4ccccc4CC)c3C)C(=O)N2C)cc1. The van der Waals surface area contributed by atoms with Crippen LogP contribution in [-0.4, -0.2) is 40.2 Å². The van der Waals surface area contributed by atoms with Gasteiger partial charge in [0.2, 0.25) is 0 Å². The molecule has 0 spiro atoms. The molecule has 0 unspecified atom stereocenters. The highest BCUT2D eigenvalue weighted by Gasteiger charge is 2.31. The molecule has 1 aliphatic rings. The summed E-state index contributed by atoms with van der Waals surface area (Å²) < 4.78 is 7.27. The Morgan fingerprint density at radius 2 is 1.80 bits per heavy atom. The van der Waals surface area contributed by atoms with Gasteiger partial charge in [-0.1, -0.05) is 25.1 Å². The third-order valence-corrected chi connectivity index (χ3v) is 7.04. The van der Waals surface area contributed by atoms with Crippen molar-refractivity contribution in [2.24, 2.45) is 4.99 Å². The summed E-state index contributed by atoms with van der Waals surface area (Å²) in [5, 5.41) is 0.593. The average molecular weight is 488 g/mol. The van der Waals surface area contributed by atoms with Gasteiger partial charge in [-0.05, 0) is 92.6 Å². The number of aryl methyl sites for hydroxylation is 2. The summed E-state index contributed by atoms with van der Waals surface area (Å²) >= 11 is 1.35. The van der Waals surface area contributed by atoms with Crippen LogP contribution in [0.2, 0.25) is 0 Å². The minimum Gasteiger partial charge on any atom is -0.462 e. The molecule has 1 aromatic heterocycles. The van der Waals surface area contributed by atoms with Gasteiger partial charge in [0.1, 0.15) is 0 Å². The summed E-state index contributed by atoms with van der Waals surface area (Å²) in [6.07, 6.45) is 2.90. The predicted molar refractivity (Wildman–Crippen MR) is 142 cm³/mol. The van der Waals surface area contributed by atoms with Gasteiger partial charge in [0.25, 0.3) is 5.91 Å². The van der Waals surface area contributed by atoms with E-state index in [1.54, 1.807) is 43.1 Å². The van der Waals surface area contributed by atoms with Crippen molar-refractivity contribution in [3.63, 3.8) is 0 Å². The number of thioether (sulfide) groups is 1. The fourth-order valence-electron chi connectivity index (χ4n) is 4.12. The maximum atomic E-state index is 13.0. The fourth-order valence-corrected chi connectivity index (χ4v) is 5.10. The largest absolute Gasteiger partial charge is 0.462 e. The zero-order valence-corrected chi connectivity index (χ0v) is 21.5. The zero-order chi connectivity index (χ0) is 25.1. The van der Waals surface area contributed by atoms with E-state index in [-0.39, 0.29) is 11.9 Å². The van der Waals surface area contributed by atoms with Crippen molar-refractivity contribution in [3.05, 3.63) is 87.6 Å². The third-order valence-electron chi connectivity index (χ3n) is 5.98. The summed E-state index contributed by atoms with van der Waals surface area (Å²) in [6, 6.07) is 17.4. The van der Waals surface area contributed by atoms with Crippen molar-refractivity contribution in [1.29, 1.82) is 0 Å². The molecule has 2 aromatic carbocycles. The molecule has 4 rings (SSSR count). The number of amides is 1. The zero-order valence-electron chi connectivity index (χ0n) is 20.7. The van der Waals surface area contributed by atoms with E-state index in [1.165, 1.54) is 23.0 Å². The van der Waals surface area contributed by atoms with Crippen LogP contribution in [0.1, 0.15) is 46.7 Å². The molecule has 1 fully saturated rings. The number of nitrogens with zero attached hydrogens (tertiary/aromatic N) is 3. The number of amidine groups is 1. The maximum absolute atomic E-state index is 13.0. The molecule has 1 amide bonds. The number of likely N-dealkylation sites (N-methyl/N-ethyl adjacent to an activating group) is 1. The highest BCUT2D eigenvalue weighted by Crippen LogP contribution is 2.35. The Balaban J connectivity index is 1.62. The van der Waals surface area contributed by atoms with E-state index >= 15 is 0 Å². The highest BCUT2D eigenvalue weighted by atomic mass is 32.2. The van der Waals surface area contributed by atoms with Gasteiger partial charge >= 0.3 is 5.97 Å². The van der Waals surface area contributed by atoms with E-state index in [9.17, 15) is 9.59 Å². The second-order valence-corrected chi connectivity index (χ2v) is 9.29. The first-order valence-electron chi connectivity index (χ1n) is 11.6. The lowest BCUT2D eigenvalue weighted by Gasteiger charge is -2.14. The van der Waals surface area contributed by atoms with Crippen LogP contribution in [0.3, 0.4) is 0 Å². The number of esters is 1. The fraction of sp³-hybridized carbons (Fsp3) is 0.250. The summed E-state index contributed by atoms with van der Waals surface area (Å²) in [6.45, 7) is 8.43. The number of ether oxygens (including phenoxy) is 1. The van der Waals surface area contributed by atoms with Crippen LogP contribution in [-0.2, 0) is 16.0 Å². The lowest BCUT2D eigenvalue weighted by Crippen LogP contribution is -2.23. The Kier molecular flexibility index (Phi) is 7.26. The lowest BCUT2D eigenvalue weighted by atomic mass is 10.1. The molecule has 35 heavy (non-hydrogen) atoms. The number of aromatic nitrogens is 1. The average Bonchev–Trinajstić information content (AvgIpc) is 3.28. The van der Waals surface area contributed by atoms with Crippen LogP contribution in [0.5, 0.6) is 0 Å². The monoisotopic (exact) mass is 487 g/mol. The minimum absolute atomic E-state index is 0.0874. The minimum atomic E-state index is -0.362. The van der Waals surface area contributed by atoms with Gasteiger partial charge in [-0.25, -0.2) is 9.79 Å². The van der Waals surface area contributed by atoms with Crippen LogP contribution in [0.4, 0.5) is 5.69 Å². The summed E-state index contributed by atoms with van der Waals surface area (Å²) in [5.74, 6) is -0.450. The number of carbonyl (C=O) groups excluding carboxylic acids is 2. The number of hydrogen-bond acceptors (Lipinski definition) is 5. The van der Waals surface area contributed by atoms with Gasteiger partial charge in [0, 0.05) is 24.1 Å². The number of benzene rings is 2. The Morgan fingerprint density at radius 3 is 2.49 bits per heavy atom. The first kappa shape index (κ1) is 24.5. The van der Waals surface area contributed by atoms with Crippen molar-refractivity contribution in [2.75, 3.05) is 13.7 Å². The van der Waals surface area contributed by atoms with Gasteiger partial charge in [-0.2, -0.15) is 0 Å². The van der Waals surface area contributed by atoms with Gasteiger partial charge in [0.05, 0.1) is 22.8 Å². The van der Waals surface area contributed by atoms with E-state index in [0.29, 0.717) is 27.9 Å².